The van der Waals surface area contributed by atoms with Crippen molar-refractivity contribution in [3.63, 3.8) is 0 Å². The van der Waals surface area contributed by atoms with Crippen molar-refractivity contribution in [1.82, 2.24) is 0 Å². The molecule has 3 heteroatoms. The largest absolute Gasteiger partial charge is 0.612 e. The fourth-order valence-electron chi connectivity index (χ4n) is 3.15. The van der Waals surface area contributed by atoms with Crippen molar-refractivity contribution in [2.24, 2.45) is 5.92 Å². The zero-order valence-corrected chi connectivity index (χ0v) is 13.4. The number of benzene rings is 1. The molecule has 0 bridgehead atoms. The van der Waals surface area contributed by atoms with Crippen molar-refractivity contribution < 1.29 is 8.94 Å². The monoisotopic (exact) mass is 316 g/mol. The molecule has 2 atom stereocenters. The summed E-state index contributed by atoms with van der Waals surface area (Å²) in [4.78, 5) is 0. The molecule has 1 aromatic rings. The second-order valence-corrected chi connectivity index (χ2v) is 7.39. The van der Waals surface area contributed by atoms with E-state index >= 15 is 0 Å². The Hall–Kier alpha value is -1.32. The van der Waals surface area contributed by atoms with Crippen LogP contribution in [0.15, 0.2) is 59.0 Å². The first kappa shape index (κ1) is 15.6. The lowest BCUT2D eigenvalue weighted by Crippen LogP contribution is -2.10. The molecule has 1 unspecified atom stereocenters. The molecule has 0 amide bonds. The molecule has 0 aromatic heterocycles. The highest BCUT2D eigenvalue weighted by molar-refractivity contribution is 7.94. The van der Waals surface area contributed by atoms with Crippen LogP contribution in [0.4, 0.5) is 4.39 Å². The van der Waals surface area contributed by atoms with Gasteiger partial charge in [-0.05, 0) is 66.5 Å². The Morgan fingerprint density at radius 1 is 1.18 bits per heavy atom. The first-order valence-corrected chi connectivity index (χ1v) is 9.26. The molecule has 0 saturated carbocycles. The van der Waals surface area contributed by atoms with Crippen molar-refractivity contribution in [1.29, 1.82) is 0 Å². The molecule has 1 aliphatic heterocycles. The van der Waals surface area contributed by atoms with Gasteiger partial charge in [-0.3, -0.25) is 0 Å². The third kappa shape index (κ3) is 4.11. The normalized spacial score (nSPS) is 24.3. The third-order valence-electron chi connectivity index (χ3n) is 4.40. The van der Waals surface area contributed by atoms with Crippen LogP contribution >= 0.6 is 0 Å². The average molecular weight is 316 g/mol. The molecule has 0 radical (unpaired) electrons. The molecule has 116 valence electrons. The van der Waals surface area contributed by atoms with Crippen LogP contribution in [-0.4, -0.2) is 10.3 Å². The molecule has 1 aromatic carbocycles. The van der Waals surface area contributed by atoms with E-state index in [-0.39, 0.29) is 5.82 Å². The first-order valence-electron chi connectivity index (χ1n) is 7.87. The summed E-state index contributed by atoms with van der Waals surface area (Å²) in [5.74, 6) is 0.985. The Morgan fingerprint density at radius 3 is 2.73 bits per heavy atom. The standard InChI is InChI=1S/C19H21FOS/c20-19-10-7-15(8-11-19)6-9-17-13-22(21)14-18(17)12-16-4-2-1-3-5-16/h1-2,4,7-8,10-11,13,18H,3,5-6,9,12,14H2/t18-,22?/m1/s1. The highest BCUT2D eigenvalue weighted by Gasteiger charge is 2.29. The van der Waals surface area contributed by atoms with Gasteiger partial charge in [0, 0.05) is 5.92 Å². The summed E-state index contributed by atoms with van der Waals surface area (Å²) in [6.45, 7) is 0. The molecular weight excluding hydrogens is 295 g/mol. The second kappa shape index (κ2) is 7.30. The predicted molar refractivity (Wildman–Crippen MR) is 90.4 cm³/mol. The van der Waals surface area contributed by atoms with E-state index in [9.17, 15) is 8.94 Å². The van der Waals surface area contributed by atoms with Gasteiger partial charge < -0.3 is 4.55 Å². The van der Waals surface area contributed by atoms with E-state index in [1.165, 1.54) is 23.3 Å². The zero-order chi connectivity index (χ0) is 15.4. The number of rotatable bonds is 5. The molecule has 0 fully saturated rings. The molecule has 2 aliphatic rings. The fraction of sp³-hybridized carbons (Fsp3) is 0.368. The van der Waals surface area contributed by atoms with Crippen LogP contribution in [0, 0.1) is 11.7 Å². The SMILES string of the molecule is [O-][S+]1C=C(CCc2ccc(F)cc2)[C@H](CC2=CC=CCC2)C1. The van der Waals surface area contributed by atoms with E-state index in [2.05, 4.69) is 18.2 Å². The van der Waals surface area contributed by atoms with Crippen LogP contribution in [0.3, 0.4) is 0 Å². The lowest BCUT2D eigenvalue weighted by Gasteiger charge is -2.16. The van der Waals surface area contributed by atoms with Crippen molar-refractivity contribution in [2.45, 2.75) is 32.1 Å². The maximum Gasteiger partial charge on any atom is 0.123 e. The Morgan fingerprint density at radius 2 is 2.00 bits per heavy atom. The number of allylic oxidation sites excluding steroid dienone is 5. The van der Waals surface area contributed by atoms with Gasteiger partial charge >= 0.3 is 0 Å². The van der Waals surface area contributed by atoms with Gasteiger partial charge in [0.1, 0.15) is 17.0 Å². The van der Waals surface area contributed by atoms with Crippen LogP contribution in [0.5, 0.6) is 0 Å². The second-order valence-electron chi connectivity index (χ2n) is 6.06. The predicted octanol–water partition coefficient (Wildman–Crippen LogP) is 4.69. The minimum atomic E-state index is -0.816. The van der Waals surface area contributed by atoms with Crippen molar-refractivity contribution in [3.05, 3.63) is 70.4 Å². The van der Waals surface area contributed by atoms with Crippen LogP contribution in [0.25, 0.3) is 0 Å². The molecule has 22 heavy (non-hydrogen) atoms. The lowest BCUT2D eigenvalue weighted by molar-refractivity contribution is 0.586. The number of aryl methyl sites for hydroxylation is 1. The van der Waals surface area contributed by atoms with E-state index in [1.807, 2.05) is 17.5 Å². The highest BCUT2D eigenvalue weighted by Crippen LogP contribution is 2.34. The van der Waals surface area contributed by atoms with Crippen LogP contribution < -0.4 is 0 Å². The maximum absolute atomic E-state index is 12.9. The van der Waals surface area contributed by atoms with E-state index < -0.39 is 11.2 Å². The highest BCUT2D eigenvalue weighted by atomic mass is 32.2. The van der Waals surface area contributed by atoms with Gasteiger partial charge in [0.15, 0.2) is 0 Å². The molecule has 1 nitrogen and oxygen atoms in total. The summed E-state index contributed by atoms with van der Waals surface area (Å²) >= 11 is -0.816. The Balaban J connectivity index is 1.60. The minimum absolute atomic E-state index is 0.194. The van der Waals surface area contributed by atoms with E-state index in [0.717, 1.165) is 43.4 Å². The van der Waals surface area contributed by atoms with Crippen molar-refractivity contribution >= 4 is 11.2 Å². The van der Waals surface area contributed by atoms with Crippen LogP contribution in [0.2, 0.25) is 0 Å². The molecule has 3 rings (SSSR count). The number of hydrogen-bond acceptors (Lipinski definition) is 1. The third-order valence-corrected chi connectivity index (χ3v) is 5.69. The van der Waals surface area contributed by atoms with Gasteiger partial charge in [0.25, 0.3) is 0 Å². The molecule has 1 heterocycles. The molecular formula is C19H21FOS. The van der Waals surface area contributed by atoms with Gasteiger partial charge in [-0.15, -0.1) is 0 Å². The number of halogens is 1. The maximum atomic E-state index is 12.9. The summed E-state index contributed by atoms with van der Waals surface area (Å²) in [7, 11) is 0. The Bertz CT molecular complexity index is 600. The number of hydrogen-bond donors (Lipinski definition) is 0. The fourth-order valence-corrected chi connectivity index (χ4v) is 4.62. The van der Waals surface area contributed by atoms with Crippen molar-refractivity contribution in [3.8, 4) is 0 Å². The van der Waals surface area contributed by atoms with Gasteiger partial charge in [0.2, 0.25) is 0 Å². The van der Waals surface area contributed by atoms with Gasteiger partial charge in [-0.2, -0.15) is 0 Å². The summed E-state index contributed by atoms with van der Waals surface area (Å²) in [6, 6.07) is 6.69. The Labute approximate surface area is 134 Å². The quantitative estimate of drug-likeness (QED) is 0.723. The van der Waals surface area contributed by atoms with Crippen molar-refractivity contribution in [2.75, 3.05) is 5.75 Å². The molecule has 0 spiro atoms. The minimum Gasteiger partial charge on any atom is -0.612 e. The van der Waals surface area contributed by atoms with Crippen LogP contribution in [0.1, 0.15) is 31.2 Å². The zero-order valence-electron chi connectivity index (χ0n) is 12.6. The topological polar surface area (TPSA) is 23.1 Å². The lowest BCUT2D eigenvalue weighted by atomic mass is 9.88. The van der Waals surface area contributed by atoms with E-state index in [4.69, 9.17) is 0 Å². The van der Waals surface area contributed by atoms with E-state index in [1.54, 1.807) is 0 Å². The van der Waals surface area contributed by atoms with Gasteiger partial charge in [-0.1, -0.05) is 35.9 Å². The van der Waals surface area contributed by atoms with E-state index in [0.29, 0.717) is 5.92 Å². The Kier molecular flexibility index (Phi) is 5.16. The molecule has 0 N–H and O–H groups in total. The summed E-state index contributed by atoms with van der Waals surface area (Å²) < 4.78 is 24.9. The van der Waals surface area contributed by atoms with Gasteiger partial charge in [0.05, 0.1) is 0 Å². The molecule has 0 saturated heterocycles. The average Bonchev–Trinajstić information content (AvgIpc) is 2.87. The molecule has 1 aliphatic carbocycles. The summed E-state index contributed by atoms with van der Waals surface area (Å²) in [6.07, 6.45) is 11.6. The summed E-state index contributed by atoms with van der Waals surface area (Å²) in [5, 5.41) is 1.95. The van der Waals surface area contributed by atoms with Crippen LogP contribution in [-0.2, 0) is 17.6 Å². The first-order chi connectivity index (χ1) is 10.7. The summed E-state index contributed by atoms with van der Waals surface area (Å²) in [5.41, 5.74) is 3.93. The smallest absolute Gasteiger partial charge is 0.123 e. The van der Waals surface area contributed by atoms with Gasteiger partial charge in [-0.25, -0.2) is 4.39 Å².